The van der Waals surface area contributed by atoms with Crippen LogP contribution in [0, 0.1) is 23.6 Å². The highest BCUT2D eigenvalue weighted by Crippen LogP contribution is 2.20. The first-order valence-electron chi connectivity index (χ1n) is 7.98. The summed E-state index contributed by atoms with van der Waals surface area (Å²) in [5.74, 6) is 6.15. The molecule has 0 aliphatic carbocycles. The van der Waals surface area contributed by atoms with E-state index in [0.717, 1.165) is 16.7 Å². The zero-order valence-corrected chi connectivity index (χ0v) is 13.5. The van der Waals surface area contributed by atoms with Crippen molar-refractivity contribution in [2.75, 3.05) is 13.2 Å². The van der Waals surface area contributed by atoms with E-state index in [2.05, 4.69) is 17.9 Å². The van der Waals surface area contributed by atoms with Gasteiger partial charge >= 0.3 is 0 Å². The Labute approximate surface area is 141 Å². The quantitative estimate of drug-likeness (QED) is 0.602. The Balaban J connectivity index is 1.62. The maximum Gasteiger partial charge on any atom is 0.222 e. The average Bonchev–Trinajstić information content (AvgIpc) is 2.63. The summed E-state index contributed by atoms with van der Waals surface area (Å²) < 4.78 is 24.1. The highest BCUT2D eigenvalue weighted by molar-refractivity contribution is 5.64. The molecular weight excluding hydrogens is 303 g/mol. The van der Waals surface area contributed by atoms with Gasteiger partial charge in [0, 0.05) is 11.5 Å². The SMILES string of the molecule is C/C=C/C1COC(C#Cc2ccc(-c3ccc(F)cc3)cc2)OC1. The fraction of sp³-hybridized carbons (Fsp3) is 0.238. The van der Waals surface area contributed by atoms with Gasteiger partial charge in [0.25, 0.3) is 0 Å². The van der Waals surface area contributed by atoms with Crippen LogP contribution in [-0.4, -0.2) is 19.5 Å². The molecule has 1 heterocycles. The Kier molecular flexibility index (Phi) is 5.43. The van der Waals surface area contributed by atoms with Crippen molar-refractivity contribution in [2.45, 2.75) is 13.2 Å². The number of rotatable bonds is 2. The summed E-state index contributed by atoms with van der Waals surface area (Å²) in [6.45, 7) is 3.25. The summed E-state index contributed by atoms with van der Waals surface area (Å²) in [5.41, 5.74) is 2.90. The molecule has 1 saturated heterocycles. The van der Waals surface area contributed by atoms with E-state index in [1.807, 2.05) is 37.3 Å². The van der Waals surface area contributed by atoms with Crippen LogP contribution >= 0.6 is 0 Å². The van der Waals surface area contributed by atoms with E-state index >= 15 is 0 Å². The van der Waals surface area contributed by atoms with Crippen LogP contribution in [0.15, 0.2) is 60.7 Å². The van der Waals surface area contributed by atoms with Crippen molar-refractivity contribution in [1.29, 1.82) is 0 Å². The Hall–Kier alpha value is -2.41. The third-order valence-electron chi connectivity index (χ3n) is 3.78. The summed E-state index contributed by atoms with van der Waals surface area (Å²) >= 11 is 0. The second-order valence-electron chi connectivity index (χ2n) is 5.64. The van der Waals surface area contributed by atoms with Gasteiger partial charge in [-0.05, 0) is 48.2 Å². The summed E-state index contributed by atoms with van der Waals surface area (Å²) in [6.07, 6.45) is 3.62. The van der Waals surface area contributed by atoms with E-state index in [1.54, 1.807) is 12.1 Å². The van der Waals surface area contributed by atoms with Gasteiger partial charge in [0.05, 0.1) is 13.2 Å². The summed E-state index contributed by atoms with van der Waals surface area (Å²) in [6, 6.07) is 14.3. The zero-order valence-electron chi connectivity index (χ0n) is 13.5. The van der Waals surface area contributed by atoms with Crippen LogP contribution in [0.5, 0.6) is 0 Å². The van der Waals surface area contributed by atoms with Gasteiger partial charge in [-0.15, -0.1) is 0 Å². The Morgan fingerprint density at radius 3 is 2.12 bits per heavy atom. The zero-order chi connectivity index (χ0) is 16.8. The first kappa shape index (κ1) is 16.4. The second kappa shape index (κ2) is 7.92. The molecule has 1 fully saturated rings. The largest absolute Gasteiger partial charge is 0.341 e. The van der Waals surface area contributed by atoms with Gasteiger partial charge < -0.3 is 9.47 Å². The smallest absolute Gasteiger partial charge is 0.222 e. The summed E-state index contributed by atoms with van der Waals surface area (Å²) in [5, 5.41) is 0. The van der Waals surface area contributed by atoms with Crippen molar-refractivity contribution in [1.82, 2.24) is 0 Å². The molecule has 0 unspecified atom stereocenters. The van der Waals surface area contributed by atoms with Gasteiger partial charge in [-0.2, -0.15) is 0 Å². The van der Waals surface area contributed by atoms with Crippen LogP contribution in [0.25, 0.3) is 11.1 Å². The van der Waals surface area contributed by atoms with Gasteiger partial charge in [-0.25, -0.2) is 4.39 Å². The van der Waals surface area contributed by atoms with Gasteiger partial charge in [0.15, 0.2) is 0 Å². The maximum absolute atomic E-state index is 13.0. The minimum atomic E-state index is -0.469. The lowest BCUT2D eigenvalue weighted by molar-refractivity contribution is -0.160. The average molecular weight is 322 g/mol. The Morgan fingerprint density at radius 2 is 1.54 bits per heavy atom. The van der Waals surface area contributed by atoms with Crippen molar-refractivity contribution < 1.29 is 13.9 Å². The number of ether oxygens (including phenoxy) is 2. The first-order valence-corrected chi connectivity index (χ1v) is 7.98. The molecule has 0 radical (unpaired) electrons. The molecule has 1 aliphatic rings. The topological polar surface area (TPSA) is 18.5 Å². The lowest BCUT2D eigenvalue weighted by Crippen LogP contribution is -2.30. The van der Waals surface area contributed by atoms with Crippen molar-refractivity contribution >= 4 is 0 Å². The molecule has 0 N–H and O–H groups in total. The molecule has 1 aliphatic heterocycles. The van der Waals surface area contributed by atoms with Crippen LogP contribution in [0.3, 0.4) is 0 Å². The lowest BCUT2D eigenvalue weighted by atomic mass is 10.0. The summed E-state index contributed by atoms with van der Waals surface area (Å²) in [4.78, 5) is 0. The molecular formula is C21H19FO2. The maximum atomic E-state index is 13.0. The van der Waals surface area contributed by atoms with Gasteiger partial charge in [-0.1, -0.05) is 42.3 Å². The second-order valence-corrected chi connectivity index (χ2v) is 5.64. The fourth-order valence-electron chi connectivity index (χ4n) is 2.52. The molecule has 0 amide bonds. The van der Waals surface area contributed by atoms with Crippen molar-refractivity contribution in [3.63, 3.8) is 0 Å². The highest BCUT2D eigenvalue weighted by Gasteiger charge is 2.18. The molecule has 0 aromatic heterocycles. The molecule has 3 rings (SSSR count). The van der Waals surface area contributed by atoms with E-state index in [1.165, 1.54) is 12.1 Å². The number of allylic oxidation sites excluding steroid dienone is 1. The molecule has 0 saturated carbocycles. The predicted molar refractivity (Wildman–Crippen MR) is 92.7 cm³/mol. The van der Waals surface area contributed by atoms with E-state index in [0.29, 0.717) is 19.1 Å². The van der Waals surface area contributed by atoms with E-state index in [9.17, 15) is 4.39 Å². The predicted octanol–water partition coefficient (Wildman–Crippen LogP) is 4.41. The van der Waals surface area contributed by atoms with Crippen molar-refractivity contribution in [3.8, 4) is 23.0 Å². The molecule has 122 valence electrons. The minimum absolute atomic E-state index is 0.231. The third kappa shape index (κ3) is 4.32. The Morgan fingerprint density at radius 1 is 0.958 bits per heavy atom. The van der Waals surface area contributed by atoms with Gasteiger partial charge in [0.2, 0.25) is 6.29 Å². The normalized spacial score (nSPS) is 20.6. The molecule has 2 nitrogen and oxygen atoms in total. The van der Waals surface area contributed by atoms with Crippen LogP contribution < -0.4 is 0 Å². The Bertz CT molecular complexity index is 743. The molecule has 2 aromatic rings. The first-order chi connectivity index (χ1) is 11.7. The monoisotopic (exact) mass is 322 g/mol. The number of halogens is 1. The fourth-order valence-corrected chi connectivity index (χ4v) is 2.52. The van der Waals surface area contributed by atoms with Crippen molar-refractivity contribution in [2.24, 2.45) is 5.92 Å². The lowest BCUT2D eigenvalue weighted by Gasteiger charge is -2.24. The molecule has 24 heavy (non-hydrogen) atoms. The van der Waals surface area contributed by atoms with Crippen LogP contribution in [0.2, 0.25) is 0 Å². The third-order valence-corrected chi connectivity index (χ3v) is 3.78. The molecule has 3 heteroatoms. The van der Waals surface area contributed by atoms with Gasteiger partial charge in [-0.3, -0.25) is 0 Å². The number of hydrogen-bond donors (Lipinski definition) is 0. The summed E-state index contributed by atoms with van der Waals surface area (Å²) in [7, 11) is 0. The van der Waals surface area contributed by atoms with E-state index < -0.39 is 6.29 Å². The molecule has 0 bridgehead atoms. The van der Waals surface area contributed by atoms with E-state index in [-0.39, 0.29) is 5.82 Å². The number of benzene rings is 2. The van der Waals surface area contributed by atoms with Crippen LogP contribution in [-0.2, 0) is 9.47 Å². The van der Waals surface area contributed by atoms with E-state index in [4.69, 9.17) is 9.47 Å². The minimum Gasteiger partial charge on any atom is -0.341 e. The number of hydrogen-bond acceptors (Lipinski definition) is 2. The molecule has 2 aromatic carbocycles. The highest BCUT2D eigenvalue weighted by atomic mass is 19.1. The van der Waals surface area contributed by atoms with Crippen molar-refractivity contribution in [3.05, 3.63) is 72.1 Å². The van der Waals surface area contributed by atoms with Crippen LogP contribution in [0.4, 0.5) is 4.39 Å². The van der Waals surface area contributed by atoms with Crippen LogP contribution in [0.1, 0.15) is 12.5 Å². The molecule has 0 atom stereocenters. The van der Waals surface area contributed by atoms with Gasteiger partial charge in [0.1, 0.15) is 5.82 Å². The standard InChI is InChI=1S/C21H19FO2/c1-2-3-17-14-23-21(24-15-17)13-6-16-4-7-18(8-5-16)19-9-11-20(22)12-10-19/h2-5,7-12,17,21H,14-15H2,1H3/b3-2+. The molecule has 0 spiro atoms.